The number of aromatic nitrogens is 1. The lowest BCUT2D eigenvalue weighted by atomic mass is 9.90. The van der Waals surface area contributed by atoms with Gasteiger partial charge in [0.2, 0.25) is 0 Å². The lowest BCUT2D eigenvalue weighted by molar-refractivity contribution is 0.371. The fourth-order valence-corrected chi connectivity index (χ4v) is 2.90. The van der Waals surface area contributed by atoms with Crippen LogP contribution in [0.3, 0.4) is 0 Å². The van der Waals surface area contributed by atoms with Crippen LogP contribution in [0.5, 0.6) is 5.75 Å². The third-order valence-corrected chi connectivity index (χ3v) is 3.89. The predicted octanol–water partition coefficient (Wildman–Crippen LogP) is 2.72. The molecule has 3 rings (SSSR count). The summed E-state index contributed by atoms with van der Waals surface area (Å²) in [5.41, 5.74) is 2.56. The number of hydrogen-bond donors (Lipinski definition) is 2. The van der Waals surface area contributed by atoms with Crippen LogP contribution in [-0.2, 0) is 6.42 Å². The molecule has 0 saturated carbocycles. The number of piperidine rings is 1. The molecule has 2 heterocycles. The molecule has 1 saturated heterocycles. The van der Waals surface area contributed by atoms with Gasteiger partial charge in [-0.1, -0.05) is 0 Å². The standard InChI is InChI=1S/C15H20N2O/c1-18-15-10-12(8-11-2-5-16-6-3-11)9-14-13(15)4-7-17-14/h4,7,9-11,16-17H,2-3,5-6,8H2,1H3. The van der Waals surface area contributed by atoms with E-state index < -0.39 is 0 Å². The van der Waals surface area contributed by atoms with Gasteiger partial charge in [0, 0.05) is 17.1 Å². The fourth-order valence-electron chi connectivity index (χ4n) is 2.90. The van der Waals surface area contributed by atoms with E-state index in [1.165, 1.54) is 29.3 Å². The number of aromatic amines is 1. The lowest BCUT2D eigenvalue weighted by Crippen LogP contribution is -2.28. The third kappa shape index (κ3) is 2.23. The maximum absolute atomic E-state index is 5.48. The minimum Gasteiger partial charge on any atom is -0.496 e. The van der Waals surface area contributed by atoms with Gasteiger partial charge in [-0.25, -0.2) is 0 Å². The molecular weight excluding hydrogens is 224 g/mol. The number of nitrogens with one attached hydrogen (secondary N) is 2. The zero-order valence-electron chi connectivity index (χ0n) is 10.8. The van der Waals surface area contributed by atoms with Gasteiger partial charge in [-0.2, -0.15) is 0 Å². The molecule has 1 fully saturated rings. The van der Waals surface area contributed by atoms with Crippen LogP contribution in [0.15, 0.2) is 24.4 Å². The minimum absolute atomic E-state index is 0.809. The summed E-state index contributed by atoms with van der Waals surface area (Å²) >= 11 is 0. The van der Waals surface area contributed by atoms with E-state index in [1.807, 2.05) is 6.20 Å². The van der Waals surface area contributed by atoms with Crippen molar-refractivity contribution in [2.45, 2.75) is 19.3 Å². The molecule has 1 aliphatic rings. The first-order valence-electron chi connectivity index (χ1n) is 6.71. The second-order valence-corrected chi connectivity index (χ2v) is 5.13. The summed E-state index contributed by atoms with van der Waals surface area (Å²) in [6, 6.07) is 6.53. The number of H-pyrrole nitrogens is 1. The first-order valence-corrected chi connectivity index (χ1v) is 6.71. The van der Waals surface area contributed by atoms with Crippen LogP contribution < -0.4 is 10.1 Å². The van der Waals surface area contributed by atoms with Gasteiger partial charge in [0.25, 0.3) is 0 Å². The highest BCUT2D eigenvalue weighted by molar-refractivity contribution is 5.86. The molecule has 0 radical (unpaired) electrons. The molecule has 0 atom stereocenters. The smallest absolute Gasteiger partial charge is 0.128 e. The molecule has 0 amide bonds. The monoisotopic (exact) mass is 244 g/mol. The van der Waals surface area contributed by atoms with Gasteiger partial charge in [0.1, 0.15) is 5.75 Å². The zero-order chi connectivity index (χ0) is 12.4. The van der Waals surface area contributed by atoms with Crippen molar-refractivity contribution in [3.8, 4) is 5.75 Å². The van der Waals surface area contributed by atoms with E-state index in [4.69, 9.17) is 4.74 Å². The summed E-state index contributed by atoms with van der Waals surface area (Å²) < 4.78 is 5.48. The zero-order valence-corrected chi connectivity index (χ0v) is 10.8. The fraction of sp³-hybridized carbons (Fsp3) is 0.467. The molecule has 1 aromatic heterocycles. The van der Waals surface area contributed by atoms with Crippen LogP contribution in [-0.4, -0.2) is 25.2 Å². The number of benzene rings is 1. The number of rotatable bonds is 3. The SMILES string of the molecule is COc1cc(CC2CCNCC2)cc2[nH]ccc12. The molecule has 0 bridgehead atoms. The highest BCUT2D eigenvalue weighted by atomic mass is 16.5. The van der Waals surface area contributed by atoms with Crippen molar-refractivity contribution in [2.24, 2.45) is 5.92 Å². The number of ether oxygens (including phenoxy) is 1. The van der Waals surface area contributed by atoms with Gasteiger partial charge in [-0.15, -0.1) is 0 Å². The summed E-state index contributed by atoms with van der Waals surface area (Å²) in [7, 11) is 1.75. The van der Waals surface area contributed by atoms with Crippen LogP contribution in [0.4, 0.5) is 0 Å². The van der Waals surface area contributed by atoms with E-state index >= 15 is 0 Å². The second kappa shape index (κ2) is 5.02. The van der Waals surface area contributed by atoms with Crippen LogP contribution in [0.1, 0.15) is 18.4 Å². The molecule has 3 nitrogen and oxygen atoms in total. The minimum atomic E-state index is 0.809. The van der Waals surface area contributed by atoms with Gasteiger partial charge in [0.15, 0.2) is 0 Å². The molecule has 3 heteroatoms. The van der Waals surface area contributed by atoms with E-state index in [0.717, 1.165) is 31.2 Å². The Bertz CT molecular complexity index is 526. The predicted molar refractivity (Wildman–Crippen MR) is 74.1 cm³/mol. The Morgan fingerprint density at radius 2 is 2.11 bits per heavy atom. The molecule has 2 N–H and O–H groups in total. The second-order valence-electron chi connectivity index (χ2n) is 5.13. The van der Waals surface area contributed by atoms with Gasteiger partial charge in [-0.05, 0) is 62.0 Å². The largest absolute Gasteiger partial charge is 0.496 e. The van der Waals surface area contributed by atoms with Gasteiger partial charge in [0.05, 0.1) is 7.11 Å². The van der Waals surface area contributed by atoms with Gasteiger partial charge in [-0.3, -0.25) is 0 Å². The van der Waals surface area contributed by atoms with E-state index in [2.05, 4.69) is 28.5 Å². The molecule has 1 aliphatic heterocycles. The Balaban J connectivity index is 1.86. The van der Waals surface area contributed by atoms with E-state index in [9.17, 15) is 0 Å². The Kier molecular flexibility index (Phi) is 3.24. The summed E-state index contributed by atoms with van der Waals surface area (Å²) in [5.74, 6) is 1.79. The van der Waals surface area contributed by atoms with Crippen molar-refractivity contribution in [3.05, 3.63) is 30.0 Å². The molecule has 0 spiro atoms. The first-order chi connectivity index (χ1) is 8.86. The lowest BCUT2D eigenvalue weighted by Gasteiger charge is -2.22. The van der Waals surface area contributed by atoms with Crippen molar-refractivity contribution < 1.29 is 4.74 Å². The Morgan fingerprint density at radius 3 is 2.89 bits per heavy atom. The normalized spacial score (nSPS) is 17.2. The van der Waals surface area contributed by atoms with E-state index in [0.29, 0.717) is 0 Å². The highest BCUT2D eigenvalue weighted by Crippen LogP contribution is 2.29. The van der Waals surface area contributed by atoms with Crippen molar-refractivity contribution in [2.75, 3.05) is 20.2 Å². The van der Waals surface area contributed by atoms with Crippen LogP contribution in [0, 0.1) is 5.92 Å². The number of methoxy groups -OCH3 is 1. The van der Waals surface area contributed by atoms with E-state index in [1.54, 1.807) is 7.11 Å². The van der Waals surface area contributed by atoms with Crippen LogP contribution in [0.25, 0.3) is 10.9 Å². The molecule has 2 aromatic rings. The third-order valence-electron chi connectivity index (χ3n) is 3.89. The van der Waals surface area contributed by atoms with Crippen LogP contribution in [0.2, 0.25) is 0 Å². The molecule has 0 aliphatic carbocycles. The average Bonchev–Trinajstić information content (AvgIpc) is 2.87. The van der Waals surface area contributed by atoms with Crippen molar-refractivity contribution in [3.63, 3.8) is 0 Å². The van der Waals surface area contributed by atoms with Crippen molar-refractivity contribution >= 4 is 10.9 Å². The first kappa shape index (κ1) is 11.6. The Labute approximate surface area is 108 Å². The molecule has 0 unspecified atom stereocenters. The van der Waals surface area contributed by atoms with Gasteiger partial charge < -0.3 is 15.0 Å². The molecule has 18 heavy (non-hydrogen) atoms. The van der Waals surface area contributed by atoms with Crippen molar-refractivity contribution in [1.29, 1.82) is 0 Å². The highest BCUT2D eigenvalue weighted by Gasteiger charge is 2.15. The summed E-state index contributed by atoms with van der Waals surface area (Å²) in [4.78, 5) is 3.28. The van der Waals surface area contributed by atoms with Gasteiger partial charge >= 0.3 is 0 Å². The molecule has 96 valence electrons. The topological polar surface area (TPSA) is 37.0 Å². The molecular formula is C15H20N2O. The quantitative estimate of drug-likeness (QED) is 0.871. The Hall–Kier alpha value is -1.48. The maximum atomic E-state index is 5.48. The average molecular weight is 244 g/mol. The summed E-state index contributed by atoms with van der Waals surface area (Å²) in [6.45, 7) is 2.32. The number of fused-ring (bicyclic) bond motifs is 1. The Morgan fingerprint density at radius 1 is 1.28 bits per heavy atom. The summed E-state index contributed by atoms with van der Waals surface area (Å²) in [5, 5.41) is 4.59. The van der Waals surface area contributed by atoms with Crippen LogP contribution >= 0.6 is 0 Å². The maximum Gasteiger partial charge on any atom is 0.128 e. The van der Waals surface area contributed by atoms with Crippen molar-refractivity contribution in [1.82, 2.24) is 10.3 Å². The van der Waals surface area contributed by atoms with E-state index in [-0.39, 0.29) is 0 Å². The summed E-state index contributed by atoms with van der Waals surface area (Å²) in [6.07, 6.45) is 5.70. The molecule has 1 aromatic carbocycles. The number of hydrogen-bond acceptors (Lipinski definition) is 2.